The van der Waals surface area contributed by atoms with E-state index in [4.69, 9.17) is 28.0 Å². The number of benzene rings is 3. The molecule has 0 radical (unpaired) electrons. The fraction of sp³-hybridized carbons (Fsp3) is 0.439. The second-order valence-corrected chi connectivity index (χ2v) is 16.8. The van der Waals surface area contributed by atoms with E-state index in [1.165, 1.54) is 4.57 Å². The van der Waals surface area contributed by atoms with Crippen LogP contribution in [0.4, 0.5) is 0 Å². The fourth-order valence-electron chi connectivity index (χ4n) is 7.35. The largest absolute Gasteiger partial charge is 0.497 e. The third-order valence-corrected chi connectivity index (χ3v) is 13.6. The van der Waals surface area contributed by atoms with E-state index < -0.39 is 43.3 Å². The van der Waals surface area contributed by atoms with Gasteiger partial charge < -0.3 is 28.0 Å². The SMILES string of the molecule is COc1ccc(C(OC[C@@]23CS[C@@H]([C@H](n4cc(C)c(=O)[nH]c4=O)O2)[C@@H]3OP(OCCC#N)N(C(C)C)C(C)C)(c2ccccc2)c2ccc(OC)cc2)cc1. The maximum Gasteiger partial charge on any atom is 0.330 e. The van der Waals surface area contributed by atoms with Crippen LogP contribution in [-0.4, -0.2) is 76.4 Å². The Balaban J connectivity index is 1.49. The molecule has 2 bridgehead atoms. The first-order valence-electron chi connectivity index (χ1n) is 18.3. The molecule has 12 nitrogen and oxygen atoms in total. The number of thioether (sulfide) groups is 1. The van der Waals surface area contributed by atoms with E-state index in [1.807, 2.05) is 78.9 Å². The number of hydrogen-bond donors (Lipinski definition) is 1. The predicted molar refractivity (Wildman–Crippen MR) is 214 cm³/mol. The first-order valence-corrected chi connectivity index (χ1v) is 20.5. The number of aromatic amines is 1. The van der Waals surface area contributed by atoms with Crippen LogP contribution in [0.25, 0.3) is 0 Å². The van der Waals surface area contributed by atoms with Crippen molar-refractivity contribution in [3.63, 3.8) is 0 Å². The molecule has 55 heavy (non-hydrogen) atoms. The molecule has 1 aromatic heterocycles. The first kappa shape index (κ1) is 40.7. The van der Waals surface area contributed by atoms with Gasteiger partial charge in [0, 0.05) is 29.6 Å². The molecule has 1 N–H and O–H groups in total. The van der Waals surface area contributed by atoms with E-state index in [0.717, 1.165) is 16.7 Å². The number of rotatable bonds is 17. The molecule has 2 fully saturated rings. The van der Waals surface area contributed by atoms with Crippen LogP contribution in [0, 0.1) is 18.3 Å². The highest BCUT2D eigenvalue weighted by atomic mass is 32.2. The molecule has 0 saturated carbocycles. The van der Waals surface area contributed by atoms with Crippen LogP contribution in [0.2, 0.25) is 0 Å². The molecular weight excluding hydrogens is 740 g/mol. The number of H-pyrrole nitrogens is 1. The lowest BCUT2D eigenvalue weighted by Gasteiger charge is -2.41. The van der Waals surface area contributed by atoms with Crippen molar-refractivity contribution in [2.24, 2.45) is 0 Å². The summed E-state index contributed by atoms with van der Waals surface area (Å²) in [5.41, 5.74) is -0.270. The summed E-state index contributed by atoms with van der Waals surface area (Å²) in [6.07, 6.45) is 0.348. The number of aromatic nitrogens is 2. The molecule has 292 valence electrons. The molecule has 2 aliphatic rings. The van der Waals surface area contributed by atoms with Gasteiger partial charge in [-0.2, -0.15) is 5.26 Å². The molecule has 1 unspecified atom stereocenters. The molecule has 2 aliphatic heterocycles. The number of ether oxygens (including phenoxy) is 4. The highest BCUT2D eigenvalue weighted by Gasteiger charge is 2.64. The van der Waals surface area contributed by atoms with Crippen LogP contribution < -0.4 is 20.7 Å². The van der Waals surface area contributed by atoms with Gasteiger partial charge in [-0.05, 0) is 75.6 Å². The minimum Gasteiger partial charge on any atom is -0.497 e. The summed E-state index contributed by atoms with van der Waals surface area (Å²) in [6, 6.07) is 28.0. The zero-order valence-corrected chi connectivity index (χ0v) is 34.0. The summed E-state index contributed by atoms with van der Waals surface area (Å²) in [4.78, 5) is 28.3. The summed E-state index contributed by atoms with van der Waals surface area (Å²) < 4.78 is 42.7. The number of nitrogens with one attached hydrogen (secondary N) is 1. The van der Waals surface area contributed by atoms with Gasteiger partial charge in [0.15, 0.2) is 6.23 Å². The Kier molecular flexibility index (Phi) is 12.9. The lowest BCUT2D eigenvalue weighted by atomic mass is 9.79. The lowest BCUT2D eigenvalue weighted by molar-refractivity contribution is -0.147. The fourth-order valence-corrected chi connectivity index (χ4v) is 10.9. The number of nitrogens with zero attached hydrogens (tertiary/aromatic N) is 3. The van der Waals surface area contributed by atoms with Crippen molar-refractivity contribution in [2.75, 3.05) is 33.2 Å². The minimum atomic E-state index is -1.70. The Labute approximate surface area is 327 Å². The second-order valence-electron chi connectivity index (χ2n) is 14.2. The van der Waals surface area contributed by atoms with Crippen LogP contribution in [0.5, 0.6) is 11.5 Å². The highest BCUT2D eigenvalue weighted by molar-refractivity contribution is 8.00. The highest BCUT2D eigenvalue weighted by Crippen LogP contribution is 2.59. The summed E-state index contributed by atoms with van der Waals surface area (Å²) in [5.74, 6) is 1.91. The van der Waals surface area contributed by atoms with Gasteiger partial charge >= 0.3 is 5.69 Å². The van der Waals surface area contributed by atoms with Crippen molar-refractivity contribution >= 4 is 20.3 Å². The van der Waals surface area contributed by atoms with Crippen LogP contribution in [0.3, 0.4) is 0 Å². The molecule has 0 aliphatic carbocycles. The van der Waals surface area contributed by atoms with Gasteiger partial charge in [-0.1, -0.05) is 54.6 Å². The molecule has 5 atom stereocenters. The quantitative estimate of drug-likeness (QED) is 0.0679. The maximum absolute atomic E-state index is 13.4. The standard InChI is InChI=1S/C41H49N4O8PS/c1-27(2)45(28(3)4)54(51-23-11-22-42)53-36-35-38(44-24-29(5)37(46)43-39(44)47)52-40(36,26-55-35)25-50-41(30-12-9-8-10-13-30,31-14-18-33(48-6)19-15-31)32-16-20-34(49-7)21-17-32/h8-10,12-21,24,27-28,35-36,38H,11,23,25-26H2,1-7H3,(H,43,46,47)/t35-,36+,38-,40+,54?/m1/s1. The Hall–Kier alpha value is -3.99. The third kappa shape index (κ3) is 8.14. The van der Waals surface area contributed by atoms with Crippen LogP contribution in [-0.2, 0) is 24.1 Å². The Bertz CT molecular complexity index is 2000. The summed E-state index contributed by atoms with van der Waals surface area (Å²) in [5, 5.41) is 9.01. The van der Waals surface area contributed by atoms with Crippen LogP contribution >= 0.6 is 20.3 Å². The normalized spacial score (nSPS) is 21.3. The number of methoxy groups -OCH3 is 2. The molecular formula is C41H49N4O8PS. The lowest BCUT2D eigenvalue weighted by Crippen LogP contribution is -2.49. The number of aryl methyl sites for hydroxylation is 1. The topological polar surface area (TPSA) is 137 Å². The number of nitriles is 1. The van der Waals surface area contributed by atoms with Crippen LogP contribution in [0.15, 0.2) is 94.6 Å². The summed E-state index contributed by atoms with van der Waals surface area (Å²) >= 11 is 1.64. The zero-order valence-electron chi connectivity index (χ0n) is 32.3. The Morgan fingerprint density at radius 2 is 1.55 bits per heavy atom. The molecule has 4 aromatic rings. The van der Waals surface area contributed by atoms with Crippen molar-refractivity contribution in [3.05, 3.63) is 128 Å². The second kappa shape index (κ2) is 17.4. The van der Waals surface area contributed by atoms with E-state index >= 15 is 0 Å². The maximum atomic E-state index is 13.4. The molecule has 14 heteroatoms. The number of hydrogen-bond acceptors (Lipinski definition) is 11. The Morgan fingerprint density at radius 1 is 0.964 bits per heavy atom. The van der Waals surface area contributed by atoms with Crippen LogP contribution in [0.1, 0.15) is 62.6 Å². The van der Waals surface area contributed by atoms with E-state index in [1.54, 1.807) is 39.1 Å². The Morgan fingerprint density at radius 3 is 2.09 bits per heavy atom. The molecule has 0 spiro atoms. The van der Waals surface area contributed by atoms with Gasteiger partial charge in [0.1, 0.15) is 28.8 Å². The average Bonchev–Trinajstić information content (AvgIpc) is 3.68. The van der Waals surface area contributed by atoms with Gasteiger partial charge in [0.05, 0.1) is 45.2 Å². The molecule has 3 aromatic carbocycles. The summed E-state index contributed by atoms with van der Waals surface area (Å²) in [7, 11) is 1.57. The average molecular weight is 789 g/mol. The van der Waals surface area contributed by atoms with Crippen molar-refractivity contribution in [2.45, 2.75) is 81.9 Å². The van der Waals surface area contributed by atoms with E-state index in [-0.39, 0.29) is 37.0 Å². The number of fused-ring (bicyclic) bond motifs is 2. The van der Waals surface area contributed by atoms with E-state index in [2.05, 4.69) is 43.4 Å². The molecule has 6 rings (SSSR count). The van der Waals surface area contributed by atoms with Crippen molar-refractivity contribution in [3.8, 4) is 17.6 Å². The molecule has 0 amide bonds. The minimum absolute atomic E-state index is 0.0480. The monoisotopic (exact) mass is 788 g/mol. The third-order valence-electron chi connectivity index (χ3n) is 9.97. The van der Waals surface area contributed by atoms with Gasteiger partial charge in [-0.25, -0.2) is 9.46 Å². The van der Waals surface area contributed by atoms with Gasteiger partial charge in [0.2, 0.25) is 0 Å². The first-order chi connectivity index (χ1) is 26.5. The molecule has 3 heterocycles. The van der Waals surface area contributed by atoms with E-state index in [9.17, 15) is 14.9 Å². The summed E-state index contributed by atoms with van der Waals surface area (Å²) in [6.45, 7) is 10.2. The zero-order chi connectivity index (χ0) is 39.3. The van der Waals surface area contributed by atoms with Gasteiger partial charge in [-0.15, -0.1) is 11.8 Å². The van der Waals surface area contributed by atoms with Crippen molar-refractivity contribution in [1.29, 1.82) is 5.26 Å². The smallest absolute Gasteiger partial charge is 0.330 e. The van der Waals surface area contributed by atoms with Gasteiger partial charge in [0.25, 0.3) is 14.1 Å². The van der Waals surface area contributed by atoms with E-state index in [0.29, 0.717) is 22.8 Å². The van der Waals surface area contributed by atoms with Crippen molar-refractivity contribution < 1.29 is 28.0 Å². The van der Waals surface area contributed by atoms with Gasteiger partial charge in [-0.3, -0.25) is 14.3 Å². The predicted octanol–water partition coefficient (Wildman–Crippen LogP) is 6.92. The van der Waals surface area contributed by atoms with Crippen molar-refractivity contribution in [1.82, 2.24) is 14.2 Å². The molecule has 2 saturated heterocycles.